The average Bonchev–Trinajstić information content (AvgIpc) is 2.71. The van der Waals surface area contributed by atoms with Gasteiger partial charge in [0.2, 0.25) is 0 Å². The first-order valence-corrected chi connectivity index (χ1v) is 9.06. The minimum Gasteiger partial charge on any atom is -0.354 e. The van der Waals surface area contributed by atoms with Gasteiger partial charge in [-0.2, -0.15) is 10.4 Å². The molecular weight excluding hydrogens is 360 g/mol. The molecule has 0 atom stereocenters. The van der Waals surface area contributed by atoms with Crippen molar-refractivity contribution in [3.05, 3.63) is 45.9 Å². The minimum absolute atomic E-state index is 0.266. The summed E-state index contributed by atoms with van der Waals surface area (Å²) in [4.78, 5) is 32.3. The lowest BCUT2D eigenvalue weighted by Gasteiger charge is -2.35. The third-order valence-electron chi connectivity index (χ3n) is 4.43. The van der Waals surface area contributed by atoms with Crippen molar-refractivity contribution >= 4 is 17.7 Å². The number of amides is 2. The van der Waals surface area contributed by atoms with Crippen LogP contribution in [0.3, 0.4) is 0 Å². The summed E-state index contributed by atoms with van der Waals surface area (Å²) in [5.41, 5.74) is 0.820. The molecule has 0 unspecified atom stereocenters. The Morgan fingerprint density at radius 1 is 1.32 bits per heavy atom. The van der Waals surface area contributed by atoms with Crippen LogP contribution >= 0.6 is 0 Å². The molecular formula is C18H22N8O2. The number of carbonyl (C=O) groups excluding carboxylic acids is 1. The van der Waals surface area contributed by atoms with Crippen molar-refractivity contribution in [2.75, 3.05) is 42.9 Å². The van der Waals surface area contributed by atoms with Gasteiger partial charge in [0, 0.05) is 51.0 Å². The fourth-order valence-electron chi connectivity index (χ4n) is 2.96. The standard InChI is InChI=1S/C18H22N8O2/c1-2-20-18(28)22-15-9-14(17(27)24-23-15)12-25-5-7-26(8-6-25)16-4-3-13(10-19)11-21-16/h3-4,9,11H,2,5-8,12H2,1H3,(H,24,27)(H2,20,22,23,28). The Balaban J connectivity index is 1.58. The van der Waals surface area contributed by atoms with Gasteiger partial charge in [-0.05, 0) is 25.1 Å². The highest BCUT2D eigenvalue weighted by Gasteiger charge is 2.19. The van der Waals surface area contributed by atoms with E-state index >= 15 is 0 Å². The van der Waals surface area contributed by atoms with Crippen molar-refractivity contribution in [1.29, 1.82) is 5.26 Å². The summed E-state index contributed by atoms with van der Waals surface area (Å²) in [5.74, 6) is 1.15. The summed E-state index contributed by atoms with van der Waals surface area (Å²) in [7, 11) is 0. The van der Waals surface area contributed by atoms with E-state index in [-0.39, 0.29) is 11.6 Å². The largest absolute Gasteiger partial charge is 0.354 e. The van der Waals surface area contributed by atoms with E-state index in [0.717, 1.165) is 32.0 Å². The first-order chi connectivity index (χ1) is 13.6. The average molecular weight is 382 g/mol. The van der Waals surface area contributed by atoms with E-state index in [4.69, 9.17) is 5.26 Å². The number of nitrogens with one attached hydrogen (secondary N) is 3. The molecule has 28 heavy (non-hydrogen) atoms. The summed E-state index contributed by atoms with van der Waals surface area (Å²) >= 11 is 0. The monoisotopic (exact) mass is 382 g/mol. The first kappa shape index (κ1) is 19.3. The van der Waals surface area contributed by atoms with E-state index in [2.05, 4.69) is 41.7 Å². The van der Waals surface area contributed by atoms with Gasteiger partial charge in [0.1, 0.15) is 11.9 Å². The van der Waals surface area contributed by atoms with E-state index in [9.17, 15) is 9.59 Å². The predicted molar refractivity (Wildman–Crippen MR) is 104 cm³/mol. The van der Waals surface area contributed by atoms with Crippen LogP contribution in [0.25, 0.3) is 0 Å². The Bertz CT molecular complexity index is 910. The van der Waals surface area contributed by atoms with E-state index < -0.39 is 0 Å². The maximum absolute atomic E-state index is 12.1. The van der Waals surface area contributed by atoms with Gasteiger partial charge in [-0.25, -0.2) is 14.9 Å². The van der Waals surface area contributed by atoms with Gasteiger partial charge < -0.3 is 10.2 Å². The SMILES string of the molecule is CCNC(=O)Nc1cc(CN2CCN(c3ccc(C#N)cn3)CC2)c(=O)[nH]n1. The fourth-order valence-corrected chi connectivity index (χ4v) is 2.96. The number of urea groups is 1. The number of anilines is 2. The quantitative estimate of drug-likeness (QED) is 0.686. The summed E-state index contributed by atoms with van der Waals surface area (Å²) in [5, 5.41) is 20.4. The van der Waals surface area contributed by atoms with E-state index in [0.29, 0.717) is 30.0 Å². The molecule has 0 radical (unpaired) electrons. The van der Waals surface area contributed by atoms with Crippen molar-refractivity contribution in [2.24, 2.45) is 0 Å². The zero-order valence-corrected chi connectivity index (χ0v) is 15.6. The highest BCUT2D eigenvalue weighted by atomic mass is 16.2. The van der Waals surface area contributed by atoms with Crippen LogP contribution in [0.1, 0.15) is 18.1 Å². The molecule has 146 valence electrons. The van der Waals surface area contributed by atoms with Crippen LogP contribution < -0.4 is 21.1 Å². The molecule has 3 rings (SSSR count). The molecule has 3 heterocycles. The molecule has 0 spiro atoms. The molecule has 10 heteroatoms. The second kappa shape index (κ2) is 8.96. The van der Waals surface area contributed by atoms with Crippen LogP contribution in [-0.2, 0) is 6.54 Å². The van der Waals surface area contributed by atoms with E-state index in [1.807, 2.05) is 13.0 Å². The smallest absolute Gasteiger partial charge is 0.320 e. The number of piperazine rings is 1. The number of hydrogen-bond donors (Lipinski definition) is 3. The molecule has 10 nitrogen and oxygen atoms in total. The summed E-state index contributed by atoms with van der Waals surface area (Å²) in [6, 6.07) is 6.91. The zero-order chi connectivity index (χ0) is 19.9. The third kappa shape index (κ3) is 4.83. The van der Waals surface area contributed by atoms with Crippen LogP contribution in [0.15, 0.2) is 29.2 Å². The van der Waals surface area contributed by atoms with Crippen LogP contribution in [0.5, 0.6) is 0 Å². The summed E-state index contributed by atoms with van der Waals surface area (Å²) in [6.45, 7) is 5.86. The highest BCUT2D eigenvalue weighted by molar-refractivity contribution is 5.88. The Labute approximate surface area is 162 Å². The lowest BCUT2D eigenvalue weighted by atomic mass is 10.2. The van der Waals surface area contributed by atoms with E-state index in [1.165, 1.54) is 0 Å². The number of H-pyrrole nitrogens is 1. The van der Waals surface area contributed by atoms with Gasteiger partial charge in [0.25, 0.3) is 5.56 Å². The fraction of sp³-hybridized carbons (Fsp3) is 0.389. The van der Waals surface area contributed by atoms with Crippen LogP contribution in [0.2, 0.25) is 0 Å². The topological polar surface area (TPSA) is 130 Å². The van der Waals surface area contributed by atoms with Crippen molar-refractivity contribution in [3.8, 4) is 6.07 Å². The van der Waals surface area contributed by atoms with Crippen LogP contribution in [0, 0.1) is 11.3 Å². The lowest BCUT2D eigenvalue weighted by Crippen LogP contribution is -2.46. The molecule has 0 saturated carbocycles. The number of aromatic amines is 1. The van der Waals surface area contributed by atoms with Gasteiger partial charge in [0.15, 0.2) is 5.82 Å². The number of rotatable bonds is 5. The molecule has 3 N–H and O–H groups in total. The van der Waals surface area contributed by atoms with Gasteiger partial charge in [0.05, 0.1) is 5.56 Å². The Morgan fingerprint density at radius 2 is 2.11 bits per heavy atom. The minimum atomic E-state index is -0.364. The Morgan fingerprint density at radius 3 is 2.75 bits per heavy atom. The number of aromatic nitrogens is 3. The molecule has 0 bridgehead atoms. The second-order valence-electron chi connectivity index (χ2n) is 6.37. The second-order valence-corrected chi connectivity index (χ2v) is 6.37. The van der Waals surface area contributed by atoms with Crippen molar-refractivity contribution in [2.45, 2.75) is 13.5 Å². The van der Waals surface area contributed by atoms with Gasteiger partial charge in [-0.15, -0.1) is 0 Å². The van der Waals surface area contributed by atoms with Crippen molar-refractivity contribution < 1.29 is 4.79 Å². The third-order valence-corrected chi connectivity index (χ3v) is 4.43. The number of carbonyl (C=O) groups is 1. The molecule has 1 saturated heterocycles. The molecule has 0 aliphatic carbocycles. The van der Waals surface area contributed by atoms with Crippen LogP contribution in [0.4, 0.5) is 16.4 Å². The molecule has 0 aromatic carbocycles. The molecule has 2 aromatic heterocycles. The molecule has 1 fully saturated rings. The molecule has 1 aliphatic heterocycles. The molecule has 2 aromatic rings. The highest BCUT2D eigenvalue weighted by Crippen LogP contribution is 2.15. The predicted octanol–water partition coefficient (Wildman–Crippen LogP) is 0.500. The molecule has 2 amide bonds. The lowest BCUT2D eigenvalue weighted by molar-refractivity contribution is 0.248. The van der Waals surface area contributed by atoms with Crippen molar-refractivity contribution in [3.63, 3.8) is 0 Å². The number of nitrogens with zero attached hydrogens (tertiary/aromatic N) is 5. The number of pyridine rings is 1. The van der Waals surface area contributed by atoms with Crippen molar-refractivity contribution in [1.82, 2.24) is 25.4 Å². The maximum Gasteiger partial charge on any atom is 0.320 e. The number of hydrogen-bond acceptors (Lipinski definition) is 7. The van der Waals surface area contributed by atoms with Crippen LogP contribution in [-0.4, -0.2) is 58.8 Å². The normalized spacial score (nSPS) is 14.4. The van der Waals surface area contributed by atoms with Gasteiger partial charge in [-0.3, -0.25) is 15.0 Å². The summed E-state index contributed by atoms with van der Waals surface area (Å²) < 4.78 is 0. The van der Waals surface area contributed by atoms with E-state index in [1.54, 1.807) is 18.3 Å². The first-order valence-electron chi connectivity index (χ1n) is 9.06. The van der Waals surface area contributed by atoms with Gasteiger partial charge in [-0.1, -0.05) is 0 Å². The van der Waals surface area contributed by atoms with Gasteiger partial charge >= 0.3 is 6.03 Å². The maximum atomic E-state index is 12.1. The summed E-state index contributed by atoms with van der Waals surface area (Å²) in [6.07, 6.45) is 1.57. The zero-order valence-electron chi connectivity index (χ0n) is 15.6. The molecule has 1 aliphatic rings. The Hall–Kier alpha value is -3.45. The number of nitriles is 1. The Kier molecular flexibility index (Phi) is 6.18.